The molecule has 1 heterocycles. The lowest BCUT2D eigenvalue weighted by Crippen LogP contribution is -2.38. The molecule has 1 N–H and O–H groups in total. The van der Waals surface area contributed by atoms with Gasteiger partial charge in [-0.1, -0.05) is 103 Å². The zero-order chi connectivity index (χ0) is 19.6. The van der Waals surface area contributed by atoms with Gasteiger partial charge >= 0.3 is 0 Å². The Morgan fingerprint density at radius 3 is 1.78 bits per heavy atom. The first-order valence-electron chi connectivity index (χ1n) is 12.1. The number of hydrogen-bond donors (Lipinski definition) is 1. The smallest absolute Gasteiger partial charge is 0.0816 e. The number of aliphatic hydroxyl groups is 1. The van der Waals surface area contributed by atoms with Crippen molar-refractivity contribution in [3.63, 3.8) is 0 Å². The zero-order valence-corrected chi connectivity index (χ0v) is 18.5. The Labute approximate surface area is 170 Å². The summed E-state index contributed by atoms with van der Waals surface area (Å²) in [6.07, 6.45) is 24.8. The number of nitrogens with zero attached hydrogens (tertiary/aromatic N) is 2. The van der Waals surface area contributed by atoms with Gasteiger partial charge in [0.15, 0.2) is 0 Å². The summed E-state index contributed by atoms with van der Waals surface area (Å²) in [4.78, 5) is 4.89. The predicted octanol–water partition coefficient (Wildman–Crippen LogP) is 5.98. The summed E-state index contributed by atoms with van der Waals surface area (Å²) in [7, 11) is 0. The van der Waals surface area contributed by atoms with Crippen LogP contribution >= 0.6 is 0 Å². The molecular formula is C24H48N2O. The first-order valence-corrected chi connectivity index (χ1v) is 12.1. The van der Waals surface area contributed by atoms with Gasteiger partial charge < -0.3 is 5.11 Å². The van der Waals surface area contributed by atoms with Gasteiger partial charge in [-0.25, -0.2) is 0 Å². The summed E-state index contributed by atoms with van der Waals surface area (Å²) in [5.74, 6) is 0. The van der Waals surface area contributed by atoms with Crippen molar-refractivity contribution in [1.29, 1.82) is 0 Å². The van der Waals surface area contributed by atoms with Gasteiger partial charge in [-0.15, -0.1) is 0 Å². The minimum atomic E-state index is 0.265. The maximum Gasteiger partial charge on any atom is 0.0816 e. The highest BCUT2D eigenvalue weighted by atomic mass is 16.3. The molecule has 0 aromatic rings. The fraction of sp³-hybridized carbons (Fsp3) is 0.917. The largest absolute Gasteiger partial charge is 0.395 e. The van der Waals surface area contributed by atoms with E-state index in [0.717, 1.165) is 26.2 Å². The molecule has 1 unspecified atom stereocenters. The number of likely N-dealkylation sites (N-methyl/N-ethyl adjacent to an activating group) is 1. The van der Waals surface area contributed by atoms with E-state index in [1.54, 1.807) is 0 Å². The third-order valence-electron chi connectivity index (χ3n) is 6.00. The van der Waals surface area contributed by atoms with E-state index in [9.17, 15) is 5.11 Å². The van der Waals surface area contributed by atoms with Crippen molar-refractivity contribution in [3.8, 4) is 0 Å². The SMILES string of the molecule is CCCCCCCCCCCCCCCC=CC1N(CC)CCN1CCO. The fourth-order valence-corrected chi connectivity index (χ4v) is 4.21. The minimum absolute atomic E-state index is 0.265. The van der Waals surface area contributed by atoms with Crippen LogP contribution in [0.4, 0.5) is 0 Å². The topological polar surface area (TPSA) is 26.7 Å². The molecular weight excluding hydrogens is 332 g/mol. The Hall–Kier alpha value is -0.380. The number of β-amino-alcohol motifs (C(OH)–C–C–N with tert-alkyl or cyclic N) is 1. The summed E-state index contributed by atoms with van der Waals surface area (Å²) in [5, 5.41) is 9.22. The van der Waals surface area contributed by atoms with Crippen LogP contribution in [0.15, 0.2) is 12.2 Å². The van der Waals surface area contributed by atoms with E-state index in [-0.39, 0.29) is 6.61 Å². The van der Waals surface area contributed by atoms with Gasteiger partial charge in [-0.05, 0) is 19.4 Å². The summed E-state index contributed by atoms with van der Waals surface area (Å²) in [6, 6.07) is 0. The lowest BCUT2D eigenvalue weighted by Gasteiger charge is -2.26. The van der Waals surface area contributed by atoms with E-state index >= 15 is 0 Å². The van der Waals surface area contributed by atoms with Crippen LogP contribution in [0.2, 0.25) is 0 Å². The quantitative estimate of drug-likeness (QED) is 0.234. The predicted molar refractivity (Wildman–Crippen MR) is 119 cm³/mol. The highest BCUT2D eigenvalue weighted by molar-refractivity contribution is 4.97. The Morgan fingerprint density at radius 2 is 1.26 bits per heavy atom. The molecule has 0 radical (unpaired) electrons. The molecule has 0 aliphatic carbocycles. The average molecular weight is 381 g/mol. The summed E-state index contributed by atoms with van der Waals surface area (Å²) >= 11 is 0. The van der Waals surface area contributed by atoms with Crippen LogP contribution in [-0.4, -0.2) is 53.9 Å². The van der Waals surface area contributed by atoms with Gasteiger partial charge in [0.1, 0.15) is 0 Å². The molecule has 1 aliphatic rings. The molecule has 1 atom stereocenters. The molecule has 0 amide bonds. The minimum Gasteiger partial charge on any atom is -0.395 e. The molecule has 0 bridgehead atoms. The van der Waals surface area contributed by atoms with E-state index in [2.05, 4.69) is 35.8 Å². The number of rotatable bonds is 18. The second-order valence-electron chi connectivity index (χ2n) is 8.26. The van der Waals surface area contributed by atoms with Gasteiger partial charge in [0.2, 0.25) is 0 Å². The van der Waals surface area contributed by atoms with Crippen molar-refractivity contribution in [2.45, 2.75) is 110 Å². The average Bonchev–Trinajstić information content (AvgIpc) is 3.07. The number of hydrogen-bond acceptors (Lipinski definition) is 3. The van der Waals surface area contributed by atoms with Crippen LogP contribution in [0.1, 0.15) is 104 Å². The van der Waals surface area contributed by atoms with Gasteiger partial charge in [0.05, 0.1) is 12.8 Å². The summed E-state index contributed by atoms with van der Waals surface area (Å²) < 4.78 is 0. The van der Waals surface area contributed by atoms with Gasteiger partial charge in [-0.2, -0.15) is 0 Å². The van der Waals surface area contributed by atoms with E-state index in [1.165, 1.54) is 89.9 Å². The first-order chi connectivity index (χ1) is 13.3. The van der Waals surface area contributed by atoms with Crippen molar-refractivity contribution >= 4 is 0 Å². The second-order valence-corrected chi connectivity index (χ2v) is 8.26. The number of allylic oxidation sites excluding steroid dienone is 1. The van der Waals surface area contributed by atoms with Gasteiger partial charge in [-0.3, -0.25) is 9.80 Å². The molecule has 1 fully saturated rings. The molecule has 3 nitrogen and oxygen atoms in total. The van der Waals surface area contributed by atoms with Crippen LogP contribution in [0.3, 0.4) is 0 Å². The highest BCUT2D eigenvalue weighted by Crippen LogP contribution is 2.16. The number of unbranched alkanes of at least 4 members (excludes halogenated alkanes) is 13. The lowest BCUT2D eigenvalue weighted by molar-refractivity contribution is 0.151. The van der Waals surface area contributed by atoms with Crippen molar-refractivity contribution in [2.24, 2.45) is 0 Å². The molecule has 3 heteroatoms. The molecule has 1 aliphatic heterocycles. The summed E-state index contributed by atoms with van der Waals surface area (Å²) in [5.41, 5.74) is 0. The van der Waals surface area contributed by atoms with Crippen molar-refractivity contribution in [1.82, 2.24) is 9.80 Å². The molecule has 27 heavy (non-hydrogen) atoms. The maximum atomic E-state index is 9.22. The first kappa shape index (κ1) is 24.7. The van der Waals surface area contributed by atoms with E-state index < -0.39 is 0 Å². The zero-order valence-electron chi connectivity index (χ0n) is 18.5. The van der Waals surface area contributed by atoms with E-state index in [4.69, 9.17) is 0 Å². The molecule has 0 aromatic heterocycles. The fourth-order valence-electron chi connectivity index (χ4n) is 4.21. The van der Waals surface area contributed by atoms with Crippen LogP contribution < -0.4 is 0 Å². The molecule has 1 rings (SSSR count). The Bertz CT molecular complexity index is 345. The Kier molecular flexibility index (Phi) is 16.2. The molecule has 1 saturated heterocycles. The molecule has 0 spiro atoms. The monoisotopic (exact) mass is 380 g/mol. The lowest BCUT2D eigenvalue weighted by atomic mass is 10.0. The van der Waals surface area contributed by atoms with Crippen LogP contribution in [0.25, 0.3) is 0 Å². The highest BCUT2D eigenvalue weighted by Gasteiger charge is 2.27. The Morgan fingerprint density at radius 1 is 0.741 bits per heavy atom. The third-order valence-corrected chi connectivity index (χ3v) is 6.00. The maximum absolute atomic E-state index is 9.22. The van der Waals surface area contributed by atoms with Crippen LogP contribution in [-0.2, 0) is 0 Å². The molecule has 0 saturated carbocycles. The van der Waals surface area contributed by atoms with Crippen LogP contribution in [0.5, 0.6) is 0 Å². The van der Waals surface area contributed by atoms with Gasteiger partial charge in [0.25, 0.3) is 0 Å². The van der Waals surface area contributed by atoms with Crippen LogP contribution in [0, 0.1) is 0 Å². The third kappa shape index (κ3) is 11.9. The standard InChI is InChI=1S/C24H48N2O/c1-3-5-6-7-8-9-10-11-12-13-14-15-16-17-18-19-24-25(4-2)20-21-26(24)22-23-27/h18-19,24,27H,3-17,20-23H2,1-2H3. The second kappa shape index (κ2) is 17.7. The Balaban J connectivity index is 1.92. The molecule has 160 valence electrons. The molecule has 0 aromatic carbocycles. The van der Waals surface area contributed by atoms with E-state index in [0.29, 0.717) is 6.17 Å². The normalized spacial score (nSPS) is 18.9. The number of aliphatic hydroxyl groups excluding tert-OH is 1. The van der Waals surface area contributed by atoms with Crippen molar-refractivity contribution < 1.29 is 5.11 Å². The van der Waals surface area contributed by atoms with Crippen molar-refractivity contribution in [2.75, 3.05) is 32.8 Å². The van der Waals surface area contributed by atoms with Gasteiger partial charge in [0, 0.05) is 19.6 Å². The summed E-state index contributed by atoms with van der Waals surface area (Å²) in [6.45, 7) is 8.89. The van der Waals surface area contributed by atoms with E-state index in [1.807, 2.05) is 0 Å². The van der Waals surface area contributed by atoms with Crippen molar-refractivity contribution in [3.05, 3.63) is 12.2 Å².